The maximum absolute atomic E-state index is 4.57. The maximum atomic E-state index is 4.57. The molecule has 0 aliphatic carbocycles. The Labute approximate surface area is 130 Å². The molecular formula is C15H16BrN3S. The van der Waals surface area contributed by atoms with Gasteiger partial charge in [-0.15, -0.1) is 11.3 Å². The minimum Gasteiger partial charge on any atom is -0.305 e. The van der Waals surface area contributed by atoms with Gasteiger partial charge in [0.2, 0.25) is 0 Å². The van der Waals surface area contributed by atoms with Crippen LogP contribution in [0.25, 0.3) is 4.96 Å². The number of halogens is 1. The van der Waals surface area contributed by atoms with Crippen molar-refractivity contribution in [2.45, 2.75) is 26.4 Å². The normalized spacial score (nSPS) is 12.9. The summed E-state index contributed by atoms with van der Waals surface area (Å²) in [7, 11) is 0. The summed E-state index contributed by atoms with van der Waals surface area (Å²) in [6.45, 7) is 5.08. The fourth-order valence-corrected chi connectivity index (χ4v) is 3.32. The zero-order chi connectivity index (χ0) is 14.1. The van der Waals surface area contributed by atoms with Crippen LogP contribution >= 0.6 is 27.3 Å². The first-order chi connectivity index (χ1) is 9.65. The molecule has 0 saturated heterocycles. The summed E-state index contributed by atoms with van der Waals surface area (Å²) in [6.07, 6.45) is 2.08. The fourth-order valence-electron chi connectivity index (χ4n) is 2.27. The summed E-state index contributed by atoms with van der Waals surface area (Å²) >= 11 is 5.14. The molecule has 0 amide bonds. The van der Waals surface area contributed by atoms with Crippen molar-refractivity contribution < 1.29 is 0 Å². The van der Waals surface area contributed by atoms with Gasteiger partial charge in [0.15, 0.2) is 4.96 Å². The highest BCUT2D eigenvalue weighted by molar-refractivity contribution is 9.10. The lowest BCUT2D eigenvalue weighted by atomic mass is 10.1. The number of nitrogens with zero attached hydrogens (tertiary/aromatic N) is 2. The third-order valence-corrected chi connectivity index (χ3v) is 4.79. The van der Waals surface area contributed by atoms with Crippen LogP contribution in [-0.4, -0.2) is 9.38 Å². The topological polar surface area (TPSA) is 29.3 Å². The molecule has 2 heterocycles. The summed E-state index contributed by atoms with van der Waals surface area (Å²) in [5.41, 5.74) is 3.63. The van der Waals surface area contributed by atoms with Gasteiger partial charge in [-0.2, -0.15) is 0 Å². The molecule has 3 rings (SSSR count). The molecule has 3 nitrogen and oxygen atoms in total. The van der Waals surface area contributed by atoms with Crippen LogP contribution in [0.1, 0.15) is 29.9 Å². The van der Waals surface area contributed by atoms with Gasteiger partial charge in [-0.05, 0) is 31.5 Å². The summed E-state index contributed by atoms with van der Waals surface area (Å²) in [4.78, 5) is 5.64. The van der Waals surface area contributed by atoms with Crippen LogP contribution in [-0.2, 0) is 6.54 Å². The van der Waals surface area contributed by atoms with Gasteiger partial charge in [-0.25, -0.2) is 4.98 Å². The van der Waals surface area contributed by atoms with Gasteiger partial charge >= 0.3 is 0 Å². The Kier molecular flexibility index (Phi) is 3.92. The third kappa shape index (κ3) is 2.66. The van der Waals surface area contributed by atoms with E-state index in [1.807, 2.05) is 0 Å². The Balaban J connectivity index is 1.74. The lowest BCUT2D eigenvalue weighted by Crippen LogP contribution is -2.19. The quantitative estimate of drug-likeness (QED) is 0.759. The minimum absolute atomic E-state index is 0.312. The Bertz CT molecular complexity index is 714. The van der Waals surface area contributed by atoms with Crippen molar-refractivity contribution in [3.8, 4) is 0 Å². The zero-order valence-electron chi connectivity index (χ0n) is 11.4. The predicted molar refractivity (Wildman–Crippen MR) is 87.2 cm³/mol. The zero-order valence-corrected chi connectivity index (χ0v) is 13.8. The van der Waals surface area contributed by atoms with Crippen LogP contribution in [0.2, 0.25) is 0 Å². The van der Waals surface area contributed by atoms with Gasteiger partial charge in [0.1, 0.15) is 0 Å². The van der Waals surface area contributed by atoms with E-state index in [2.05, 4.69) is 80.3 Å². The average molecular weight is 350 g/mol. The molecular weight excluding hydrogens is 334 g/mol. The van der Waals surface area contributed by atoms with Crippen molar-refractivity contribution in [1.82, 2.24) is 14.7 Å². The van der Waals surface area contributed by atoms with Crippen LogP contribution in [0.15, 0.2) is 40.3 Å². The smallest absolute Gasteiger partial charge is 0.194 e. The molecule has 20 heavy (non-hydrogen) atoms. The van der Waals surface area contributed by atoms with E-state index in [9.17, 15) is 0 Å². The average Bonchev–Trinajstić information content (AvgIpc) is 2.98. The van der Waals surface area contributed by atoms with Crippen molar-refractivity contribution in [1.29, 1.82) is 0 Å². The number of benzene rings is 1. The summed E-state index contributed by atoms with van der Waals surface area (Å²) in [5.74, 6) is 0. The van der Waals surface area contributed by atoms with E-state index in [1.165, 1.54) is 11.3 Å². The number of thiazole rings is 1. The summed E-state index contributed by atoms with van der Waals surface area (Å²) < 4.78 is 3.28. The highest BCUT2D eigenvalue weighted by Crippen LogP contribution is 2.19. The van der Waals surface area contributed by atoms with E-state index in [0.717, 1.165) is 21.7 Å². The number of hydrogen-bond donors (Lipinski definition) is 1. The number of rotatable bonds is 4. The molecule has 0 fully saturated rings. The Hall–Kier alpha value is -1.17. The van der Waals surface area contributed by atoms with Gasteiger partial charge in [0.25, 0.3) is 0 Å². The van der Waals surface area contributed by atoms with Gasteiger partial charge in [0.05, 0.1) is 11.4 Å². The third-order valence-electron chi connectivity index (χ3n) is 3.51. The molecule has 1 atom stereocenters. The molecule has 0 bridgehead atoms. The van der Waals surface area contributed by atoms with E-state index >= 15 is 0 Å². The van der Waals surface area contributed by atoms with Crippen molar-refractivity contribution in [2.24, 2.45) is 0 Å². The first-order valence-corrected chi connectivity index (χ1v) is 8.22. The molecule has 2 aromatic heterocycles. The van der Waals surface area contributed by atoms with Gasteiger partial charge in [-0.1, -0.05) is 28.1 Å². The first kappa shape index (κ1) is 13.8. The molecule has 0 spiro atoms. The number of hydrogen-bond acceptors (Lipinski definition) is 3. The largest absolute Gasteiger partial charge is 0.305 e. The molecule has 0 saturated carbocycles. The van der Waals surface area contributed by atoms with Crippen molar-refractivity contribution in [3.05, 3.63) is 57.3 Å². The van der Waals surface area contributed by atoms with Gasteiger partial charge in [-0.3, -0.25) is 4.40 Å². The second-order valence-electron chi connectivity index (χ2n) is 4.85. The molecule has 3 aromatic rings. The molecule has 0 radical (unpaired) electrons. The summed E-state index contributed by atoms with van der Waals surface area (Å²) in [6, 6.07) is 8.76. The van der Waals surface area contributed by atoms with Crippen LogP contribution < -0.4 is 5.32 Å². The highest BCUT2D eigenvalue weighted by Gasteiger charge is 2.11. The number of aromatic nitrogens is 2. The van der Waals surface area contributed by atoms with Crippen molar-refractivity contribution >= 4 is 32.2 Å². The van der Waals surface area contributed by atoms with Crippen molar-refractivity contribution in [2.75, 3.05) is 0 Å². The van der Waals surface area contributed by atoms with Gasteiger partial charge < -0.3 is 5.32 Å². The maximum Gasteiger partial charge on any atom is 0.194 e. The van der Waals surface area contributed by atoms with Crippen LogP contribution in [0.5, 0.6) is 0 Å². The van der Waals surface area contributed by atoms with E-state index in [-0.39, 0.29) is 0 Å². The van der Waals surface area contributed by atoms with E-state index in [4.69, 9.17) is 0 Å². The van der Waals surface area contributed by atoms with E-state index in [0.29, 0.717) is 6.04 Å². The number of fused-ring (bicyclic) bond motifs is 1. The standard InChI is InChI=1S/C15H16BrN3S/c1-10(12-3-5-13(16)6-4-12)17-9-14-11(2)18-15-19(14)7-8-20-15/h3-8,10,17H,9H2,1-2H3. The molecule has 0 aliphatic rings. The highest BCUT2D eigenvalue weighted by atomic mass is 79.9. The Morgan fingerprint density at radius 2 is 2.10 bits per heavy atom. The second kappa shape index (κ2) is 5.68. The van der Waals surface area contributed by atoms with Crippen molar-refractivity contribution in [3.63, 3.8) is 0 Å². The predicted octanol–water partition coefficient (Wildman–Crippen LogP) is 4.32. The minimum atomic E-state index is 0.312. The number of nitrogens with one attached hydrogen (secondary N) is 1. The van der Waals surface area contributed by atoms with E-state index < -0.39 is 0 Å². The lowest BCUT2D eigenvalue weighted by molar-refractivity contribution is 0.564. The Morgan fingerprint density at radius 3 is 2.85 bits per heavy atom. The van der Waals surface area contributed by atoms with Crippen LogP contribution in [0, 0.1) is 6.92 Å². The SMILES string of the molecule is Cc1nc2sccn2c1CNC(C)c1ccc(Br)cc1. The van der Waals surface area contributed by atoms with Crippen LogP contribution in [0.4, 0.5) is 0 Å². The van der Waals surface area contributed by atoms with Gasteiger partial charge in [0, 0.05) is 28.6 Å². The molecule has 1 unspecified atom stereocenters. The van der Waals surface area contributed by atoms with Crippen LogP contribution in [0.3, 0.4) is 0 Å². The molecule has 1 aromatic carbocycles. The molecule has 0 aliphatic heterocycles. The first-order valence-electron chi connectivity index (χ1n) is 6.55. The molecule has 104 valence electrons. The molecule has 1 N–H and O–H groups in total. The number of aryl methyl sites for hydroxylation is 1. The molecule has 5 heteroatoms. The lowest BCUT2D eigenvalue weighted by Gasteiger charge is -2.14. The number of imidazole rings is 1. The van der Waals surface area contributed by atoms with E-state index in [1.54, 1.807) is 11.3 Å². The second-order valence-corrected chi connectivity index (χ2v) is 6.64. The monoisotopic (exact) mass is 349 g/mol. The Morgan fingerprint density at radius 1 is 1.35 bits per heavy atom. The fraction of sp³-hybridized carbons (Fsp3) is 0.267. The summed E-state index contributed by atoms with van der Waals surface area (Å²) in [5, 5.41) is 5.64.